The van der Waals surface area contributed by atoms with Crippen LogP contribution in [0.1, 0.15) is 0 Å². The van der Waals surface area contributed by atoms with Gasteiger partial charge in [0, 0.05) is 0 Å². The van der Waals surface area contributed by atoms with E-state index >= 15 is 0 Å². The van der Waals surface area contributed by atoms with Crippen molar-refractivity contribution in [1.29, 1.82) is 0 Å². The van der Waals surface area contributed by atoms with Crippen LogP contribution in [0, 0.1) is 0 Å². The summed E-state index contributed by atoms with van der Waals surface area (Å²) in [6.45, 7) is -2.13. The third-order valence-corrected chi connectivity index (χ3v) is 5.73. The number of hydrogen-bond donors (Lipinski definition) is 10. The van der Waals surface area contributed by atoms with Crippen molar-refractivity contribution >= 4 is 0 Å². The Balaban J connectivity index is 1.75. The fraction of sp³-hybridized carbons (Fsp3) is 1.00. The zero-order chi connectivity index (χ0) is 23.7. The molecule has 32 heavy (non-hydrogen) atoms. The van der Waals surface area contributed by atoms with Crippen molar-refractivity contribution in [1.82, 2.24) is 0 Å². The van der Waals surface area contributed by atoms with E-state index < -0.39 is 106 Å². The minimum atomic E-state index is -1.80. The van der Waals surface area contributed by atoms with Crippen molar-refractivity contribution in [2.75, 3.05) is 19.8 Å². The average Bonchev–Trinajstić information content (AvgIpc) is 3.08. The van der Waals surface area contributed by atoms with Crippen LogP contribution in [-0.2, 0) is 23.7 Å². The van der Waals surface area contributed by atoms with Crippen LogP contribution in [-0.4, -0.2) is 157 Å². The first-order valence-corrected chi connectivity index (χ1v) is 10.0. The highest BCUT2D eigenvalue weighted by Gasteiger charge is 2.53. The lowest BCUT2D eigenvalue weighted by atomic mass is 9.99. The van der Waals surface area contributed by atoms with Gasteiger partial charge in [0.1, 0.15) is 67.1 Å². The van der Waals surface area contributed by atoms with Crippen molar-refractivity contribution in [3.05, 3.63) is 0 Å². The molecular weight excluding hydrogens is 444 g/mol. The van der Waals surface area contributed by atoms with Crippen molar-refractivity contribution in [3.63, 3.8) is 0 Å². The topological polar surface area (TPSA) is 248 Å². The van der Waals surface area contributed by atoms with Gasteiger partial charge in [-0.15, -0.1) is 0 Å². The molecule has 3 heterocycles. The molecule has 0 aromatic rings. The van der Waals surface area contributed by atoms with E-state index in [1.807, 2.05) is 0 Å². The number of aliphatic hydroxyl groups is 10. The van der Waals surface area contributed by atoms with E-state index in [1.54, 1.807) is 0 Å². The van der Waals surface area contributed by atoms with Crippen molar-refractivity contribution in [3.8, 4) is 0 Å². The molecule has 0 aromatic carbocycles. The molecule has 1 unspecified atom stereocenters. The summed E-state index contributed by atoms with van der Waals surface area (Å²) in [4.78, 5) is 0. The minimum Gasteiger partial charge on any atom is -0.394 e. The molecule has 0 aliphatic carbocycles. The molecule has 0 saturated carbocycles. The first-order chi connectivity index (χ1) is 15.1. The monoisotopic (exact) mass is 474 g/mol. The largest absolute Gasteiger partial charge is 0.394 e. The molecule has 188 valence electrons. The summed E-state index contributed by atoms with van der Waals surface area (Å²) in [6.07, 6.45) is -22.2. The average molecular weight is 474 g/mol. The molecule has 0 aromatic heterocycles. The standard InChI is InChI=1S/C17H30O15/c18-1-4-7(21)10(24)12(26)15(28-4)31-14-9(23)6(3-20)30-17(14)32-16-13(27)11(25)8(22)5(2-19)29-16/h4-27H,1-3H2/t4-,5-,6-,7-,8-,9-,10+,11+,12-,13-,14?,15-,16-,17+/m1/s1. The van der Waals surface area contributed by atoms with E-state index in [0.717, 1.165) is 0 Å². The summed E-state index contributed by atoms with van der Waals surface area (Å²) in [6, 6.07) is 0. The van der Waals surface area contributed by atoms with E-state index in [1.165, 1.54) is 0 Å². The summed E-state index contributed by atoms with van der Waals surface area (Å²) in [5.41, 5.74) is 0. The number of aliphatic hydroxyl groups excluding tert-OH is 10. The van der Waals surface area contributed by atoms with Crippen molar-refractivity contribution in [2.24, 2.45) is 0 Å². The second-order valence-corrected chi connectivity index (χ2v) is 7.85. The highest BCUT2D eigenvalue weighted by Crippen LogP contribution is 2.32. The van der Waals surface area contributed by atoms with Gasteiger partial charge in [-0.25, -0.2) is 0 Å². The SMILES string of the molecule is OC[C@H]1O[C@H](OC2[C@H](O[C@H]3O[C@H](CO)[C@@H](O)[C@H](O)[C@H]3O)O[C@H](CO)[C@H]2O)[C@H](O)[C@@H](O)[C@@H]1O. The van der Waals surface area contributed by atoms with Crippen LogP contribution >= 0.6 is 0 Å². The van der Waals surface area contributed by atoms with Gasteiger partial charge < -0.3 is 74.7 Å². The lowest BCUT2D eigenvalue weighted by molar-refractivity contribution is -0.360. The molecular formula is C17H30O15. The second kappa shape index (κ2) is 10.8. The lowest BCUT2D eigenvalue weighted by Crippen LogP contribution is -2.61. The summed E-state index contributed by atoms with van der Waals surface area (Å²) in [5.74, 6) is 0. The molecule has 3 aliphatic heterocycles. The molecule has 10 N–H and O–H groups in total. The molecule has 15 heteroatoms. The predicted molar refractivity (Wildman–Crippen MR) is 95.2 cm³/mol. The van der Waals surface area contributed by atoms with Gasteiger partial charge in [-0.05, 0) is 0 Å². The highest BCUT2D eigenvalue weighted by atomic mass is 16.8. The van der Waals surface area contributed by atoms with Crippen LogP contribution in [0.4, 0.5) is 0 Å². The van der Waals surface area contributed by atoms with Crippen LogP contribution < -0.4 is 0 Å². The number of ether oxygens (including phenoxy) is 5. The Hall–Kier alpha value is -0.600. The molecule has 0 amide bonds. The van der Waals surface area contributed by atoms with E-state index in [4.69, 9.17) is 23.7 Å². The molecule has 0 radical (unpaired) electrons. The van der Waals surface area contributed by atoms with E-state index in [9.17, 15) is 51.1 Å². The molecule has 3 rings (SSSR count). The first kappa shape index (κ1) is 26.0. The summed E-state index contributed by atoms with van der Waals surface area (Å²) in [7, 11) is 0. The Labute approximate surface area is 181 Å². The predicted octanol–water partition coefficient (Wildman–Crippen LogP) is -6.93. The van der Waals surface area contributed by atoms with Gasteiger partial charge in [0.15, 0.2) is 18.9 Å². The van der Waals surface area contributed by atoms with Gasteiger partial charge in [-0.3, -0.25) is 0 Å². The Bertz CT molecular complexity index is 592. The maximum Gasteiger partial charge on any atom is 0.190 e. The Morgan fingerprint density at radius 1 is 0.438 bits per heavy atom. The lowest BCUT2D eigenvalue weighted by Gasteiger charge is -2.42. The smallest absolute Gasteiger partial charge is 0.190 e. The van der Waals surface area contributed by atoms with E-state index in [2.05, 4.69) is 0 Å². The molecule has 0 bridgehead atoms. The first-order valence-electron chi connectivity index (χ1n) is 10.0. The minimum absolute atomic E-state index is 0.690. The van der Waals surface area contributed by atoms with Crippen LogP contribution in [0.15, 0.2) is 0 Å². The fourth-order valence-electron chi connectivity index (χ4n) is 3.75. The van der Waals surface area contributed by atoms with Crippen molar-refractivity contribution in [2.45, 2.75) is 86.0 Å². The summed E-state index contributed by atoms with van der Waals surface area (Å²) < 4.78 is 26.7. The molecule has 0 spiro atoms. The Morgan fingerprint density at radius 3 is 1.25 bits per heavy atom. The summed E-state index contributed by atoms with van der Waals surface area (Å²) >= 11 is 0. The third kappa shape index (κ3) is 4.92. The van der Waals surface area contributed by atoms with Crippen LogP contribution in [0.25, 0.3) is 0 Å². The molecule has 15 nitrogen and oxygen atoms in total. The van der Waals surface area contributed by atoms with Crippen molar-refractivity contribution < 1.29 is 74.7 Å². The fourth-order valence-corrected chi connectivity index (χ4v) is 3.75. The molecule has 14 atom stereocenters. The summed E-state index contributed by atoms with van der Waals surface area (Å²) in [5, 5.41) is 98.3. The molecule has 3 aliphatic rings. The Morgan fingerprint density at radius 2 is 0.812 bits per heavy atom. The van der Waals surface area contributed by atoms with E-state index in [-0.39, 0.29) is 0 Å². The maximum absolute atomic E-state index is 10.4. The van der Waals surface area contributed by atoms with Gasteiger partial charge in [-0.2, -0.15) is 0 Å². The molecule has 3 fully saturated rings. The van der Waals surface area contributed by atoms with Gasteiger partial charge >= 0.3 is 0 Å². The normalized spacial score (nSPS) is 52.3. The molecule has 3 saturated heterocycles. The zero-order valence-electron chi connectivity index (χ0n) is 16.7. The maximum atomic E-state index is 10.4. The number of hydrogen-bond acceptors (Lipinski definition) is 15. The van der Waals surface area contributed by atoms with Gasteiger partial charge in [0.05, 0.1) is 19.8 Å². The van der Waals surface area contributed by atoms with Crippen LogP contribution in [0.3, 0.4) is 0 Å². The number of rotatable bonds is 7. The van der Waals surface area contributed by atoms with Crippen LogP contribution in [0.2, 0.25) is 0 Å². The second-order valence-electron chi connectivity index (χ2n) is 7.85. The highest BCUT2D eigenvalue weighted by molar-refractivity contribution is 4.94. The van der Waals surface area contributed by atoms with E-state index in [0.29, 0.717) is 0 Å². The van der Waals surface area contributed by atoms with Gasteiger partial charge in [0.2, 0.25) is 0 Å². The van der Waals surface area contributed by atoms with Gasteiger partial charge in [0.25, 0.3) is 0 Å². The third-order valence-electron chi connectivity index (χ3n) is 5.73. The Kier molecular flexibility index (Phi) is 8.75. The zero-order valence-corrected chi connectivity index (χ0v) is 16.7. The van der Waals surface area contributed by atoms with Crippen LogP contribution in [0.5, 0.6) is 0 Å². The van der Waals surface area contributed by atoms with Gasteiger partial charge in [-0.1, -0.05) is 0 Å². The quantitative estimate of drug-likeness (QED) is 0.165.